The normalized spacial score (nSPS) is 10.8. The van der Waals surface area contributed by atoms with Crippen LogP contribution < -0.4 is 21.7 Å². The van der Waals surface area contributed by atoms with Gasteiger partial charge in [-0.25, -0.2) is 5.84 Å². The first kappa shape index (κ1) is 12.8. The quantitative estimate of drug-likeness (QED) is 0.386. The molecule has 0 atom stereocenters. The van der Waals surface area contributed by atoms with Crippen molar-refractivity contribution in [2.24, 2.45) is 11.6 Å². The average Bonchev–Trinajstić information content (AvgIpc) is 2.28. The Morgan fingerprint density at radius 3 is 2.18 bits per heavy atom. The van der Waals surface area contributed by atoms with E-state index in [-0.39, 0.29) is 11.3 Å². The molecule has 17 heavy (non-hydrogen) atoms. The van der Waals surface area contributed by atoms with Crippen molar-refractivity contribution < 1.29 is 23.1 Å². The van der Waals surface area contributed by atoms with Crippen molar-refractivity contribution >= 4 is 11.8 Å². The highest BCUT2D eigenvalue weighted by molar-refractivity contribution is 5.92. The van der Waals surface area contributed by atoms with Gasteiger partial charge in [-0.3, -0.25) is 15.0 Å². The molecule has 1 aromatic carbocycles. The maximum atomic E-state index is 13.0. The van der Waals surface area contributed by atoms with Gasteiger partial charge in [0.1, 0.15) is 5.75 Å². The molecule has 5 N–H and O–H groups in total. The van der Waals surface area contributed by atoms with Crippen LogP contribution in [0.15, 0.2) is 24.3 Å². The first-order valence-corrected chi connectivity index (χ1v) is 4.34. The summed E-state index contributed by atoms with van der Waals surface area (Å²) in [7, 11) is 0. The fraction of sp³-hybridized carbons (Fsp3) is 0.111. The van der Waals surface area contributed by atoms with E-state index in [1.165, 1.54) is 17.6 Å². The SMILES string of the molecule is NNC(=O)C(F)(F)Oc1ccc(C(N)=O)cc1. The summed E-state index contributed by atoms with van der Waals surface area (Å²) in [5, 5.41) is 0. The standard InChI is InChI=1S/C9H9F2N3O3/c10-9(11,8(16)14-13)17-6-3-1-5(2-4-6)7(12)15/h1-4H,13H2,(H2,12,15)(H,14,16). The highest BCUT2D eigenvalue weighted by Crippen LogP contribution is 2.21. The van der Waals surface area contributed by atoms with Gasteiger partial charge in [0.15, 0.2) is 0 Å². The van der Waals surface area contributed by atoms with E-state index in [1.54, 1.807) is 0 Å². The summed E-state index contributed by atoms with van der Waals surface area (Å²) in [5.41, 5.74) is 6.35. The summed E-state index contributed by atoms with van der Waals surface area (Å²) in [6, 6.07) is 4.54. The van der Waals surface area contributed by atoms with Crippen LogP contribution in [0.5, 0.6) is 5.75 Å². The lowest BCUT2D eigenvalue weighted by Crippen LogP contribution is -2.47. The number of nitrogens with two attached hydrogens (primary N) is 2. The molecule has 92 valence electrons. The second kappa shape index (κ2) is 4.74. The summed E-state index contributed by atoms with van der Waals surface area (Å²) in [6.07, 6.45) is -4.09. The third-order valence-electron chi connectivity index (χ3n) is 1.78. The zero-order chi connectivity index (χ0) is 13.1. The van der Waals surface area contributed by atoms with Gasteiger partial charge in [0.05, 0.1) is 0 Å². The highest BCUT2D eigenvalue weighted by Gasteiger charge is 2.41. The summed E-state index contributed by atoms with van der Waals surface area (Å²) >= 11 is 0. The predicted octanol–water partition coefficient (Wildman–Crippen LogP) is -0.253. The number of benzene rings is 1. The lowest BCUT2D eigenvalue weighted by molar-refractivity contribution is -0.192. The van der Waals surface area contributed by atoms with Crippen LogP contribution in [0.25, 0.3) is 0 Å². The Morgan fingerprint density at radius 1 is 1.24 bits per heavy atom. The Kier molecular flexibility index (Phi) is 3.59. The van der Waals surface area contributed by atoms with Crippen LogP contribution in [-0.4, -0.2) is 17.9 Å². The van der Waals surface area contributed by atoms with E-state index in [1.807, 2.05) is 0 Å². The summed E-state index contributed by atoms with van der Waals surface area (Å²) < 4.78 is 30.0. The first-order chi connectivity index (χ1) is 7.86. The number of amides is 2. The molecular formula is C9H9F2N3O3. The van der Waals surface area contributed by atoms with Crippen molar-refractivity contribution in [2.75, 3.05) is 0 Å². The number of carbonyl (C=O) groups excluding carboxylic acids is 2. The van der Waals surface area contributed by atoms with Crippen molar-refractivity contribution in [1.29, 1.82) is 0 Å². The molecule has 0 unspecified atom stereocenters. The van der Waals surface area contributed by atoms with Gasteiger partial charge in [-0.15, -0.1) is 0 Å². The van der Waals surface area contributed by atoms with Gasteiger partial charge in [0.25, 0.3) is 0 Å². The number of rotatable bonds is 4. The average molecular weight is 245 g/mol. The molecule has 1 aromatic rings. The minimum absolute atomic E-state index is 0.129. The summed E-state index contributed by atoms with van der Waals surface area (Å²) in [4.78, 5) is 21.3. The van der Waals surface area contributed by atoms with Crippen molar-refractivity contribution in [1.82, 2.24) is 5.43 Å². The van der Waals surface area contributed by atoms with Gasteiger partial charge in [-0.05, 0) is 24.3 Å². The van der Waals surface area contributed by atoms with Crippen LogP contribution in [0.3, 0.4) is 0 Å². The Bertz CT molecular complexity index is 434. The number of hydrazine groups is 1. The van der Waals surface area contributed by atoms with Crippen molar-refractivity contribution in [3.63, 3.8) is 0 Å². The Balaban J connectivity index is 2.82. The van der Waals surface area contributed by atoms with Gasteiger partial charge in [0.2, 0.25) is 5.91 Å². The van der Waals surface area contributed by atoms with Crippen LogP contribution in [-0.2, 0) is 4.79 Å². The molecular weight excluding hydrogens is 236 g/mol. The van der Waals surface area contributed by atoms with E-state index < -0.39 is 17.9 Å². The number of primary amides is 1. The van der Waals surface area contributed by atoms with Crippen molar-refractivity contribution in [3.05, 3.63) is 29.8 Å². The van der Waals surface area contributed by atoms with E-state index >= 15 is 0 Å². The minimum atomic E-state index is -4.09. The topological polar surface area (TPSA) is 107 Å². The number of hydrogen-bond acceptors (Lipinski definition) is 4. The second-order valence-corrected chi connectivity index (χ2v) is 2.98. The van der Waals surface area contributed by atoms with E-state index in [0.717, 1.165) is 12.1 Å². The fourth-order valence-corrected chi connectivity index (χ4v) is 0.966. The molecule has 1 rings (SSSR count). The van der Waals surface area contributed by atoms with E-state index in [9.17, 15) is 18.4 Å². The van der Waals surface area contributed by atoms with Gasteiger partial charge in [-0.1, -0.05) is 0 Å². The number of alkyl halides is 2. The third kappa shape index (κ3) is 3.11. The van der Waals surface area contributed by atoms with Gasteiger partial charge < -0.3 is 10.5 Å². The van der Waals surface area contributed by atoms with Crippen LogP contribution in [0, 0.1) is 0 Å². The van der Waals surface area contributed by atoms with Crippen molar-refractivity contribution in [2.45, 2.75) is 6.11 Å². The van der Waals surface area contributed by atoms with Crippen LogP contribution in [0.4, 0.5) is 8.78 Å². The summed E-state index contributed by atoms with van der Waals surface area (Å²) in [6.45, 7) is 0. The predicted molar refractivity (Wildman–Crippen MR) is 52.9 cm³/mol. The van der Waals surface area contributed by atoms with Crippen LogP contribution in [0.1, 0.15) is 10.4 Å². The lowest BCUT2D eigenvalue weighted by Gasteiger charge is -2.15. The van der Waals surface area contributed by atoms with E-state index in [0.29, 0.717) is 0 Å². The van der Waals surface area contributed by atoms with Gasteiger partial charge in [-0.2, -0.15) is 8.78 Å². The molecule has 0 saturated heterocycles. The Labute approximate surface area is 94.5 Å². The molecule has 0 saturated carbocycles. The van der Waals surface area contributed by atoms with Crippen molar-refractivity contribution in [3.8, 4) is 5.75 Å². The molecule has 0 fully saturated rings. The molecule has 2 amide bonds. The smallest absolute Gasteiger partial charge is 0.425 e. The molecule has 0 aliphatic heterocycles. The van der Waals surface area contributed by atoms with Crippen LogP contribution in [0.2, 0.25) is 0 Å². The van der Waals surface area contributed by atoms with Crippen LogP contribution >= 0.6 is 0 Å². The second-order valence-electron chi connectivity index (χ2n) is 2.98. The molecule has 0 aliphatic rings. The lowest BCUT2D eigenvalue weighted by atomic mass is 10.2. The maximum Gasteiger partial charge on any atom is 0.483 e. The number of ether oxygens (including phenoxy) is 1. The molecule has 0 aliphatic carbocycles. The first-order valence-electron chi connectivity index (χ1n) is 4.34. The number of halogens is 2. The maximum absolute atomic E-state index is 13.0. The largest absolute Gasteiger partial charge is 0.483 e. The monoisotopic (exact) mass is 245 g/mol. The highest BCUT2D eigenvalue weighted by atomic mass is 19.3. The molecule has 6 nitrogen and oxygen atoms in total. The third-order valence-corrected chi connectivity index (χ3v) is 1.78. The van der Waals surface area contributed by atoms with Gasteiger partial charge in [0, 0.05) is 5.56 Å². The zero-order valence-electron chi connectivity index (χ0n) is 8.44. The number of hydrogen-bond donors (Lipinski definition) is 3. The summed E-state index contributed by atoms with van der Waals surface area (Å²) in [5.74, 6) is 1.77. The molecule has 8 heteroatoms. The Hall–Kier alpha value is -2.22. The Morgan fingerprint density at radius 2 is 1.76 bits per heavy atom. The molecule has 0 radical (unpaired) electrons. The van der Waals surface area contributed by atoms with E-state index in [2.05, 4.69) is 10.6 Å². The molecule has 0 bridgehead atoms. The van der Waals surface area contributed by atoms with Gasteiger partial charge >= 0.3 is 12.0 Å². The minimum Gasteiger partial charge on any atom is -0.425 e. The van der Waals surface area contributed by atoms with E-state index in [4.69, 9.17) is 5.73 Å². The molecule has 0 spiro atoms. The molecule has 0 heterocycles. The zero-order valence-corrected chi connectivity index (χ0v) is 8.44. The fourth-order valence-electron chi connectivity index (χ4n) is 0.966. The number of carbonyl (C=O) groups is 2. The molecule has 0 aromatic heterocycles. The number of nitrogens with one attached hydrogen (secondary N) is 1.